The highest BCUT2D eigenvalue weighted by molar-refractivity contribution is 5.99. The lowest BCUT2D eigenvalue weighted by Crippen LogP contribution is -2.46. The molecular weight excluding hydrogens is 276 g/mol. The normalized spacial score (nSPS) is 17.0. The van der Waals surface area contributed by atoms with Gasteiger partial charge in [-0.3, -0.25) is 9.69 Å². The Hall–Kier alpha value is -1.39. The van der Waals surface area contributed by atoms with Crippen molar-refractivity contribution in [2.45, 2.75) is 26.7 Å². The molecule has 1 fully saturated rings. The van der Waals surface area contributed by atoms with Gasteiger partial charge in [0.1, 0.15) is 5.75 Å². The standard InChI is InChI=1S/C18H28N2O2/c1-5-22-15-6-7-16(17(12-15)14(2)3)18(21)13-20-10-8-19(4)9-11-20/h6-7,12,14H,5,8-11,13H2,1-4H3. The summed E-state index contributed by atoms with van der Waals surface area (Å²) in [5, 5.41) is 0. The molecule has 2 rings (SSSR count). The van der Waals surface area contributed by atoms with Gasteiger partial charge in [-0.25, -0.2) is 0 Å². The number of hydrogen-bond acceptors (Lipinski definition) is 4. The van der Waals surface area contributed by atoms with E-state index >= 15 is 0 Å². The van der Waals surface area contributed by atoms with E-state index in [-0.39, 0.29) is 5.78 Å². The summed E-state index contributed by atoms with van der Waals surface area (Å²) in [6.45, 7) is 11.4. The van der Waals surface area contributed by atoms with E-state index in [9.17, 15) is 4.79 Å². The number of likely N-dealkylation sites (N-methyl/N-ethyl adjacent to an activating group) is 1. The molecule has 0 saturated carbocycles. The average molecular weight is 304 g/mol. The zero-order valence-corrected chi connectivity index (χ0v) is 14.3. The van der Waals surface area contributed by atoms with E-state index in [1.165, 1.54) is 0 Å². The summed E-state index contributed by atoms with van der Waals surface area (Å²) in [5.41, 5.74) is 1.93. The van der Waals surface area contributed by atoms with Gasteiger partial charge in [-0.2, -0.15) is 0 Å². The van der Waals surface area contributed by atoms with Crippen LogP contribution < -0.4 is 4.74 Å². The van der Waals surface area contributed by atoms with Crippen LogP contribution in [0.2, 0.25) is 0 Å². The molecular formula is C18H28N2O2. The highest BCUT2D eigenvalue weighted by atomic mass is 16.5. The van der Waals surface area contributed by atoms with E-state index in [4.69, 9.17) is 4.74 Å². The Morgan fingerprint density at radius 2 is 1.91 bits per heavy atom. The molecule has 0 radical (unpaired) electrons. The van der Waals surface area contributed by atoms with Gasteiger partial charge < -0.3 is 9.64 Å². The molecule has 0 aliphatic carbocycles. The maximum Gasteiger partial charge on any atom is 0.177 e. The molecule has 1 heterocycles. The van der Waals surface area contributed by atoms with Crippen LogP contribution in [0.25, 0.3) is 0 Å². The van der Waals surface area contributed by atoms with E-state index in [1.807, 2.05) is 25.1 Å². The Morgan fingerprint density at radius 1 is 1.23 bits per heavy atom. The maximum absolute atomic E-state index is 12.7. The molecule has 0 aromatic heterocycles. The van der Waals surface area contributed by atoms with Crippen LogP contribution in [0.4, 0.5) is 0 Å². The lowest BCUT2D eigenvalue weighted by atomic mass is 9.94. The SMILES string of the molecule is CCOc1ccc(C(=O)CN2CCN(C)CC2)c(C(C)C)c1. The van der Waals surface area contributed by atoms with Crippen LogP contribution in [0.1, 0.15) is 42.6 Å². The van der Waals surface area contributed by atoms with E-state index < -0.39 is 0 Å². The number of carbonyl (C=O) groups excluding carboxylic acids is 1. The van der Waals surface area contributed by atoms with Crippen molar-refractivity contribution in [3.8, 4) is 5.75 Å². The minimum atomic E-state index is 0.219. The van der Waals surface area contributed by atoms with Crippen molar-refractivity contribution in [3.05, 3.63) is 29.3 Å². The molecule has 1 saturated heterocycles. The summed E-state index contributed by atoms with van der Waals surface area (Å²) in [4.78, 5) is 17.2. The molecule has 0 bridgehead atoms. The predicted octanol–water partition coefficient (Wildman–Crippen LogP) is 2.64. The van der Waals surface area contributed by atoms with E-state index in [2.05, 4.69) is 30.7 Å². The van der Waals surface area contributed by atoms with Gasteiger partial charge in [-0.05, 0) is 43.7 Å². The van der Waals surface area contributed by atoms with Crippen molar-refractivity contribution < 1.29 is 9.53 Å². The van der Waals surface area contributed by atoms with Gasteiger partial charge in [-0.15, -0.1) is 0 Å². The number of benzene rings is 1. The molecule has 22 heavy (non-hydrogen) atoms. The molecule has 0 spiro atoms. The van der Waals surface area contributed by atoms with Gasteiger partial charge in [-0.1, -0.05) is 13.8 Å². The minimum Gasteiger partial charge on any atom is -0.494 e. The third kappa shape index (κ3) is 4.31. The van der Waals surface area contributed by atoms with Gasteiger partial charge >= 0.3 is 0 Å². The van der Waals surface area contributed by atoms with Crippen LogP contribution in [-0.4, -0.2) is 62.0 Å². The van der Waals surface area contributed by atoms with Crippen LogP contribution in [-0.2, 0) is 0 Å². The molecule has 0 N–H and O–H groups in total. The van der Waals surface area contributed by atoms with Crippen LogP contribution in [0, 0.1) is 0 Å². The van der Waals surface area contributed by atoms with Crippen LogP contribution in [0.5, 0.6) is 5.75 Å². The second-order valence-corrected chi connectivity index (χ2v) is 6.34. The van der Waals surface area contributed by atoms with E-state index in [0.29, 0.717) is 19.1 Å². The topological polar surface area (TPSA) is 32.8 Å². The van der Waals surface area contributed by atoms with Gasteiger partial charge in [0.15, 0.2) is 5.78 Å². The van der Waals surface area contributed by atoms with Crippen LogP contribution in [0.3, 0.4) is 0 Å². The first-order valence-corrected chi connectivity index (χ1v) is 8.22. The Labute approximate surface area is 134 Å². The zero-order chi connectivity index (χ0) is 16.1. The largest absolute Gasteiger partial charge is 0.494 e. The summed E-state index contributed by atoms with van der Waals surface area (Å²) in [6, 6.07) is 5.86. The number of ether oxygens (including phenoxy) is 1. The number of carbonyl (C=O) groups is 1. The summed E-state index contributed by atoms with van der Waals surface area (Å²) < 4.78 is 5.57. The third-order valence-corrected chi connectivity index (χ3v) is 4.22. The van der Waals surface area contributed by atoms with Gasteiger partial charge in [0.2, 0.25) is 0 Å². The third-order valence-electron chi connectivity index (χ3n) is 4.22. The van der Waals surface area contributed by atoms with Gasteiger partial charge in [0, 0.05) is 31.7 Å². The lowest BCUT2D eigenvalue weighted by molar-refractivity contribution is 0.0875. The number of Topliss-reactive ketones (excluding diaryl/α,β-unsaturated/α-hetero) is 1. The minimum absolute atomic E-state index is 0.219. The zero-order valence-electron chi connectivity index (χ0n) is 14.3. The molecule has 0 unspecified atom stereocenters. The molecule has 4 heteroatoms. The fourth-order valence-electron chi connectivity index (χ4n) is 2.82. The Kier molecular flexibility index (Phi) is 5.98. The molecule has 1 aliphatic heterocycles. The Morgan fingerprint density at radius 3 is 2.50 bits per heavy atom. The summed E-state index contributed by atoms with van der Waals surface area (Å²) in [7, 11) is 2.13. The van der Waals surface area contributed by atoms with Crippen molar-refractivity contribution in [2.24, 2.45) is 0 Å². The smallest absolute Gasteiger partial charge is 0.177 e. The fourth-order valence-corrected chi connectivity index (χ4v) is 2.82. The van der Waals surface area contributed by atoms with Crippen molar-refractivity contribution in [1.29, 1.82) is 0 Å². The summed E-state index contributed by atoms with van der Waals surface area (Å²) >= 11 is 0. The van der Waals surface area contributed by atoms with E-state index in [0.717, 1.165) is 43.1 Å². The van der Waals surface area contributed by atoms with Crippen molar-refractivity contribution >= 4 is 5.78 Å². The van der Waals surface area contributed by atoms with Crippen LogP contribution >= 0.6 is 0 Å². The first kappa shape index (κ1) is 17.0. The number of rotatable bonds is 6. The molecule has 0 atom stereocenters. The average Bonchev–Trinajstić information content (AvgIpc) is 2.49. The molecule has 122 valence electrons. The highest BCUT2D eigenvalue weighted by Gasteiger charge is 2.20. The number of hydrogen-bond donors (Lipinski definition) is 0. The van der Waals surface area contributed by atoms with Crippen molar-refractivity contribution in [2.75, 3.05) is 46.4 Å². The highest BCUT2D eigenvalue weighted by Crippen LogP contribution is 2.25. The molecule has 1 aliphatic rings. The fraction of sp³-hybridized carbons (Fsp3) is 0.611. The van der Waals surface area contributed by atoms with Crippen molar-refractivity contribution in [1.82, 2.24) is 9.80 Å². The quantitative estimate of drug-likeness (QED) is 0.757. The monoisotopic (exact) mass is 304 g/mol. The molecule has 1 aromatic rings. The second kappa shape index (κ2) is 7.75. The number of piperazine rings is 1. The Bertz CT molecular complexity index is 506. The first-order valence-electron chi connectivity index (χ1n) is 8.22. The van der Waals surface area contributed by atoms with Crippen molar-refractivity contribution in [3.63, 3.8) is 0 Å². The van der Waals surface area contributed by atoms with Gasteiger partial charge in [0.25, 0.3) is 0 Å². The molecule has 4 nitrogen and oxygen atoms in total. The summed E-state index contributed by atoms with van der Waals surface area (Å²) in [5.74, 6) is 1.38. The molecule has 0 amide bonds. The van der Waals surface area contributed by atoms with Crippen LogP contribution in [0.15, 0.2) is 18.2 Å². The predicted molar refractivity (Wildman–Crippen MR) is 90.0 cm³/mol. The maximum atomic E-state index is 12.7. The summed E-state index contributed by atoms with van der Waals surface area (Å²) in [6.07, 6.45) is 0. The molecule has 1 aromatic carbocycles. The first-order chi connectivity index (χ1) is 10.5. The van der Waals surface area contributed by atoms with E-state index in [1.54, 1.807) is 0 Å². The Balaban J connectivity index is 2.11. The van der Waals surface area contributed by atoms with Gasteiger partial charge in [0.05, 0.1) is 13.2 Å². The lowest BCUT2D eigenvalue weighted by Gasteiger charge is -2.32. The number of nitrogens with zero attached hydrogens (tertiary/aromatic N) is 2. The number of ketones is 1. The second-order valence-electron chi connectivity index (χ2n) is 6.34.